The number of benzene rings is 2. The van der Waals surface area contributed by atoms with E-state index in [-0.39, 0.29) is 47.3 Å². The molecule has 1 atom stereocenters. The number of imide groups is 2. The number of alkyl halides is 3. The van der Waals surface area contributed by atoms with E-state index >= 15 is 0 Å². The van der Waals surface area contributed by atoms with E-state index < -0.39 is 53.0 Å². The van der Waals surface area contributed by atoms with E-state index in [1.54, 1.807) is 38.1 Å². The second-order valence-electron chi connectivity index (χ2n) is 19.3. The highest BCUT2D eigenvalue weighted by Crippen LogP contribution is 2.53. The van der Waals surface area contributed by atoms with Crippen molar-refractivity contribution >= 4 is 51.8 Å². The molecule has 1 spiro atoms. The van der Waals surface area contributed by atoms with Crippen molar-refractivity contribution in [3.05, 3.63) is 82.8 Å². The van der Waals surface area contributed by atoms with Crippen molar-refractivity contribution in [2.75, 3.05) is 24.2 Å². The number of rotatable bonds is 10. The first-order valence-corrected chi connectivity index (χ1v) is 22.3. The molecule has 2 aliphatic heterocycles. The Labute approximate surface area is 368 Å². The number of aliphatic hydroxyl groups is 1. The Morgan fingerprint density at radius 3 is 2.34 bits per heavy atom. The fourth-order valence-electron chi connectivity index (χ4n) is 10.9. The third-order valence-electron chi connectivity index (χ3n) is 14.4. The third-order valence-corrected chi connectivity index (χ3v) is 14.4. The van der Waals surface area contributed by atoms with Crippen LogP contribution in [0.2, 0.25) is 0 Å². The molecule has 3 aliphatic carbocycles. The van der Waals surface area contributed by atoms with Crippen LogP contribution >= 0.6 is 0 Å². The molecule has 2 aromatic heterocycles. The van der Waals surface area contributed by atoms with Crippen LogP contribution in [-0.2, 0) is 21.4 Å². The summed E-state index contributed by atoms with van der Waals surface area (Å²) in [5.41, 5.74) is -0.192. The summed E-state index contributed by atoms with van der Waals surface area (Å²) in [5, 5.41) is 25.1. The number of nitrogens with zero attached hydrogens (tertiary/aromatic N) is 5. The van der Waals surface area contributed by atoms with Crippen molar-refractivity contribution < 1.29 is 42.3 Å². The van der Waals surface area contributed by atoms with Gasteiger partial charge in [0.1, 0.15) is 17.4 Å². The predicted octanol–water partition coefficient (Wildman–Crippen LogP) is 7.20. The topological polar surface area (TPSA) is 179 Å². The summed E-state index contributed by atoms with van der Waals surface area (Å²) in [6, 6.07) is 11.6. The van der Waals surface area contributed by atoms with Gasteiger partial charge in [0.05, 0.1) is 28.3 Å². The number of halogens is 3. The number of nitrogens with one attached hydrogen (secondary N) is 3. The van der Waals surface area contributed by atoms with Crippen molar-refractivity contribution in [3.63, 3.8) is 0 Å². The molecule has 3 saturated carbocycles. The Balaban J connectivity index is 0.759. The Morgan fingerprint density at radius 2 is 1.66 bits per heavy atom. The van der Waals surface area contributed by atoms with Crippen molar-refractivity contribution in [2.45, 2.75) is 127 Å². The van der Waals surface area contributed by atoms with Crippen LogP contribution in [0.15, 0.2) is 54.7 Å². The Morgan fingerprint density at radius 1 is 0.938 bits per heavy atom. The fraction of sp³-hybridized carbons (Fsp3) is 0.511. The SMILES string of the molecule is CN(CC1CCC(n2cc3cc(NC(=O)c4cccc(C(F)(F)F)n4)c(C(C)(C)O)cc3n2)CC1)C1CCC2(CC1)CC(Nc1cccc3c1C(=O)N(C1CCC(=O)NC1=O)C3=O)C2. The van der Waals surface area contributed by atoms with Crippen LogP contribution < -0.4 is 16.0 Å². The summed E-state index contributed by atoms with van der Waals surface area (Å²) in [6.45, 7) is 4.17. The van der Waals surface area contributed by atoms with Gasteiger partial charge in [-0.3, -0.25) is 38.9 Å². The van der Waals surface area contributed by atoms with Crippen LogP contribution in [0, 0.1) is 11.3 Å². The minimum Gasteiger partial charge on any atom is -0.386 e. The maximum absolute atomic E-state index is 13.6. The molecule has 4 fully saturated rings. The monoisotopic (exact) mass is 882 g/mol. The van der Waals surface area contributed by atoms with Crippen molar-refractivity contribution in [2.24, 2.45) is 11.3 Å². The van der Waals surface area contributed by atoms with E-state index in [0.29, 0.717) is 34.3 Å². The van der Waals surface area contributed by atoms with E-state index in [4.69, 9.17) is 5.10 Å². The molecule has 4 heterocycles. The van der Waals surface area contributed by atoms with E-state index in [1.807, 2.05) is 16.9 Å². The Hall–Kier alpha value is -5.68. The molecule has 1 unspecified atom stereocenters. The fourth-order valence-corrected chi connectivity index (χ4v) is 10.9. The van der Waals surface area contributed by atoms with Gasteiger partial charge in [-0.15, -0.1) is 0 Å². The van der Waals surface area contributed by atoms with Gasteiger partial charge in [0.2, 0.25) is 11.8 Å². The van der Waals surface area contributed by atoms with Crippen molar-refractivity contribution in [1.29, 1.82) is 0 Å². The van der Waals surface area contributed by atoms with Gasteiger partial charge in [-0.05, 0) is 139 Å². The average Bonchev–Trinajstić information content (AvgIpc) is 3.77. The van der Waals surface area contributed by atoms with Gasteiger partial charge in [-0.1, -0.05) is 12.1 Å². The number of pyridine rings is 1. The van der Waals surface area contributed by atoms with Gasteiger partial charge in [0, 0.05) is 53.6 Å². The number of fused-ring (bicyclic) bond motifs is 2. The number of aromatic nitrogens is 3. The van der Waals surface area contributed by atoms with Crippen LogP contribution in [0.4, 0.5) is 24.5 Å². The maximum atomic E-state index is 13.6. The first-order chi connectivity index (χ1) is 30.4. The van der Waals surface area contributed by atoms with Gasteiger partial charge >= 0.3 is 6.18 Å². The van der Waals surface area contributed by atoms with Gasteiger partial charge in [0.15, 0.2) is 0 Å². The number of hydrogen-bond acceptors (Lipinski definition) is 10. The van der Waals surface area contributed by atoms with Gasteiger partial charge < -0.3 is 20.6 Å². The molecule has 4 aromatic rings. The summed E-state index contributed by atoms with van der Waals surface area (Å²) in [6.07, 6.45) is 7.94. The van der Waals surface area contributed by atoms with Crippen LogP contribution in [0.3, 0.4) is 0 Å². The highest BCUT2D eigenvalue weighted by molar-refractivity contribution is 6.25. The normalized spacial score (nSPS) is 26.3. The Kier molecular flexibility index (Phi) is 11.2. The zero-order chi connectivity index (χ0) is 45.3. The lowest BCUT2D eigenvalue weighted by Gasteiger charge is -2.53. The summed E-state index contributed by atoms with van der Waals surface area (Å²) >= 11 is 0. The second-order valence-corrected chi connectivity index (χ2v) is 19.3. The van der Waals surface area contributed by atoms with Crippen molar-refractivity contribution in [3.8, 4) is 0 Å². The second kappa shape index (κ2) is 16.4. The maximum Gasteiger partial charge on any atom is 0.433 e. The first kappa shape index (κ1) is 43.6. The molecule has 0 radical (unpaired) electrons. The molecule has 338 valence electrons. The third kappa shape index (κ3) is 8.39. The quantitative estimate of drug-likeness (QED) is 0.119. The molecule has 4 N–H and O–H groups in total. The highest BCUT2D eigenvalue weighted by atomic mass is 19.4. The smallest absolute Gasteiger partial charge is 0.386 e. The van der Waals surface area contributed by atoms with E-state index in [1.165, 1.54) is 6.07 Å². The molecule has 17 heteroatoms. The summed E-state index contributed by atoms with van der Waals surface area (Å²) in [4.78, 5) is 71.3. The molecule has 0 bridgehead atoms. The van der Waals surface area contributed by atoms with Gasteiger partial charge in [-0.25, -0.2) is 4.98 Å². The van der Waals surface area contributed by atoms with Crippen LogP contribution in [0.1, 0.15) is 139 Å². The number of anilines is 2. The zero-order valence-electron chi connectivity index (χ0n) is 36.1. The summed E-state index contributed by atoms with van der Waals surface area (Å²) in [7, 11) is 2.24. The number of amides is 5. The predicted molar refractivity (Wildman–Crippen MR) is 230 cm³/mol. The van der Waals surface area contributed by atoms with E-state index in [2.05, 4.69) is 32.9 Å². The standard InChI is InChI=1S/C47H53F3N8O6/c1-45(2,64)32-21-35-27(20-36(32)53-41(60)34-8-5-9-38(52-34)47(48,49)50)25-57(55-35)30-12-10-26(11-13-30)24-56(3)29-16-18-46(19-17-29)22-28(23-46)51-33-7-4-6-31-40(33)44(63)58(43(31)62)37-14-15-39(59)54-42(37)61/h4-9,20-21,25-26,28-30,37,51,64H,10-19,22-24H2,1-3H3,(H,53,60)(H,54,59,61). The molecule has 2 aromatic carbocycles. The average molecular weight is 883 g/mol. The summed E-state index contributed by atoms with van der Waals surface area (Å²) < 4.78 is 41.8. The lowest BCUT2D eigenvalue weighted by molar-refractivity contribution is -0.141. The van der Waals surface area contributed by atoms with Gasteiger partial charge in [0.25, 0.3) is 17.7 Å². The van der Waals surface area contributed by atoms with Crippen molar-refractivity contribution in [1.82, 2.24) is 29.9 Å². The number of piperidine rings is 1. The molecular weight excluding hydrogens is 830 g/mol. The summed E-state index contributed by atoms with van der Waals surface area (Å²) in [5.74, 6) is -2.29. The van der Waals surface area contributed by atoms with Gasteiger partial charge in [-0.2, -0.15) is 18.3 Å². The van der Waals surface area contributed by atoms with Crippen LogP contribution in [0.25, 0.3) is 10.9 Å². The molecule has 5 aliphatic rings. The molecule has 5 amide bonds. The molecule has 9 rings (SSSR count). The molecule has 1 saturated heterocycles. The molecule has 64 heavy (non-hydrogen) atoms. The van der Waals surface area contributed by atoms with Crippen LogP contribution in [-0.4, -0.2) is 90.9 Å². The minimum atomic E-state index is -4.70. The zero-order valence-corrected chi connectivity index (χ0v) is 36.1. The Bertz CT molecular complexity index is 2530. The largest absolute Gasteiger partial charge is 0.433 e. The lowest BCUT2D eigenvalue weighted by Crippen LogP contribution is -2.54. The van der Waals surface area contributed by atoms with E-state index in [0.717, 1.165) is 93.2 Å². The lowest BCUT2D eigenvalue weighted by atomic mass is 9.57. The number of hydrogen-bond donors (Lipinski definition) is 4. The number of carbonyl (C=O) groups is 5. The minimum absolute atomic E-state index is 0.0751. The molecular formula is C47H53F3N8O6. The first-order valence-electron chi connectivity index (χ1n) is 22.3. The van der Waals surface area contributed by atoms with E-state index in [9.17, 15) is 42.3 Å². The number of carbonyl (C=O) groups excluding carboxylic acids is 5. The van der Waals surface area contributed by atoms with Crippen LogP contribution in [0.5, 0.6) is 0 Å². The molecule has 14 nitrogen and oxygen atoms in total. The highest BCUT2D eigenvalue weighted by Gasteiger charge is 2.49.